The molecule has 0 aromatic heterocycles. The molecule has 5 heteroatoms. The monoisotopic (exact) mass is 244 g/mol. The zero-order valence-electron chi connectivity index (χ0n) is 10.7. The van der Waals surface area contributed by atoms with Crippen molar-refractivity contribution in [1.29, 1.82) is 0 Å². The molecule has 1 fully saturated rings. The Balaban J connectivity index is 2.14. The average Bonchev–Trinajstić information content (AvgIpc) is 2.82. The summed E-state index contributed by atoms with van der Waals surface area (Å²) in [5, 5.41) is 2.80. The van der Waals surface area contributed by atoms with Crippen LogP contribution in [0, 0.1) is 0 Å². The van der Waals surface area contributed by atoms with Gasteiger partial charge < -0.3 is 20.5 Å². The third-order valence-electron chi connectivity index (χ3n) is 3.24. The number of carbonyl (C=O) groups is 1. The van der Waals surface area contributed by atoms with E-state index >= 15 is 0 Å². The van der Waals surface area contributed by atoms with Gasteiger partial charge in [-0.15, -0.1) is 0 Å². The summed E-state index contributed by atoms with van der Waals surface area (Å²) in [7, 11) is 1.65. The fourth-order valence-corrected chi connectivity index (χ4v) is 2.14. The lowest BCUT2D eigenvalue weighted by Gasteiger charge is -2.27. The van der Waals surface area contributed by atoms with E-state index in [9.17, 15) is 4.79 Å². The lowest BCUT2D eigenvalue weighted by atomic mass is 10.0. The molecule has 0 unspecified atom stereocenters. The molecule has 17 heavy (non-hydrogen) atoms. The highest BCUT2D eigenvalue weighted by molar-refractivity contribution is 5.77. The van der Waals surface area contributed by atoms with Gasteiger partial charge in [-0.3, -0.25) is 4.79 Å². The Morgan fingerprint density at radius 1 is 1.41 bits per heavy atom. The standard InChI is InChI=1S/C12H24N2O3/c1-16-8-4-7-14-11(15)9-17-12(10-13)5-2-3-6-12/h2-10,13H2,1H3,(H,14,15). The lowest BCUT2D eigenvalue weighted by Crippen LogP contribution is -2.41. The smallest absolute Gasteiger partial charge is 0.246 e. The van der Waals surface area contributed by atoms with Crippen molar-refractivity contribution >= 4 is 5.91 Å². The Morgan fingerprint density at radius 3 is 2.71 bits per heavy atom. The van der Waals surface area contributed by atoms with E-state index in [1.54, 1.807) is 7.11 Å². The summed E-state index contributed by atoms with van der Waals surface area (Å²) in [6.07, 6.45) is 5.06. The number of hydrogen-bond donors (Lipinski definition) is 2. The second-order valence-electron chi connectivity index (χ2n) is 4.58. The van der Waals surface area contributed by atoms with Gasteiger partial charge in [0.2, 0.25) is 5.91 Å². The molecule has 0 atom stereocenters. The van der Waals surface area contributed by atoms with Crippen LogP contribution in [-0.2, 0) is 14.3 Å². The third-order valence-corrected chi connectivity index (χ3v) is 3.24. The van der Waals surface area contributed by atoms with Crippen LogP contribution in [-0.4, -0.2) is 44.9 Å². The molecule has 0 radical (unpaired) electrons. The highest BCUT2D eigenvalue weighted by Gasteiger charge is 2.33. The van der Waals surface area contributed by atoms with Crippen molar-refractivity contribution in [3.05, 3.63) is 0 Å². The van der Waals surface area contributed by atoms with Gasteiger partial charge in [0.05, 0.1) is 5.60 Å². The summed E-state index contributed by atoms with van der Waals surface area (Å²) in [6, 6.07) is 0. The predicted molar refractivity (Wildman–Crippen MR) is 65.7 cm³/mol. The van der Waals surface area contributed by atoms with Crippen molar-refractivity contribution in [2.24, 2.45) is 5.73 Å². The van der Waals surface area contributed by atoms with E-state index < -0.39 is 0 Å². The molecule has 0 aliphatic heterocycles. The number of hydrogen-bond acceptors (Lipinski definition) is 4. The summed E-state index contributed by atoms with van der Waals surface area (Å²) in [5.74, 6) is -0.0687. The quantitative estimate of drug-likeness (QED) is 0.607. The molecule has 100 valence electrons. The Morgan fingerprint density at radius 2 is 2.12 bits per heavy atom. The van der Waals surface area contributed by atoms with Gasteiger partial charge in [-0.2, -0.15) is 0 Å². The van der Waals surface area contributed by atoms with Gasteiger partial charge in [0, 0.05) is 26.8 Å². The van der Waals surface area contributed by atoms with E-state index in [0.717, 1.165) is 32.1 Å². The van der Waals surface area contributed by atoms with Gasteiger partial charge in [0.1, 0.15) is 6.61 Å². The molecule has 0 spiro atoms. The lowest BCUT2D eigenvalue weighted by molar-refractivity contribution is -0.132. The first-order valence-corrected chi connectivity index (χ1v) is 6.32. The number of nitrogens with one attached hydrogen (secondary N) is 1. The average molecular weight is 244 g/mol. The van der Waals surface area contributed by atoms with Crippen LogP contribution in [0.15, 0.2) is 0 Å². The molecule has 5 nitrogen and oxygen atoms in total. The summed E-state index contributed by atoms with van der Waals surface area (Å²) < 4.78 is 10.6. The normalized spacial score (nSPS) is 18.2. The van der Waals surface area contributed by atoms with Crippen LogP contribution in [0.25, 0.3) is 0 Å². The maximum atomic E-state index is 11.5. The molecule has 1 aliphatic rings. The van der Waals surface area contributed by atoms with Crippen molar-refractivity contribution in [3.63, 3.8) is 0 Å². The first-order valence-electron chi connectivity index (χ1n) is 6.32. The Labute approximate surface area is 103 Å². The molecule has 1 aliphatic carbocycles. The van der Waals surface area contributed by atoms with Crippen LogP contribution in [0.1, 0.15) is 32.1 Å². The summed E-state index contributed by atoms with van der Waals surface area (Å²) in [5.41, 5.74) is 5.48. The highest BCUT2D eigenvalue weighted by Crippen LogP contribution is 2.31. The third kappa shape index (κ3) is 5.02. The molecule has 0 bridgehead atoms. The van der Waals surface area contributed by atoms with Crippen LogP contribution >= 0.6 is 0 Å². The van der Waals surface area contributed by atoms with Crippen molar-refractivity contribution in [3.8, 4) is 0 Å². The van der Waals surface area contributed by atoms with Crippen LogP contribution in [0.2, 0.25) is 0 Å². The van der Waals surface area contributed by atoms with Gasteiger partial charge in [-0.05, 0) is 19.3 Å². The van der Waals surface area contributed by atoms with Gasteiger partial charge in [0.25, 0.3) is 0 Å². The highest BCUT2D eigenvalue weighted by atomic mass is 16.5. The van der Waals surface area contributed by atoms with E-state index in [1.807, 2.05) is 0 Å². The second-order valence-corrected chi connectivity index (χ2v) is 4.58. The largest absolute Gasteiger partial charge is 0.385 e. The number of methoxy groups -OCH3 is 1. The minimum atomic E-state index is -0.246. The fraction of sp³-hybridized carbons (Fsp3) is 0.917. The molecule has 0 aromatic carbocycles. The first-order chi connectivity index (χ1) is 8.22. The van der Waals surface area contributed by atoms with Gasteiger partial charge in [-0.25, -0.2) is 0 Å². The van der Waals surface area contributed by atoms with Crippen molar-refractivity contribution in [1.82, 2.24) is 5.32 Å². The maximum absolute atomic E-state index is 11.5. The molecule has 1 saturated carbocycles. The van der Waals surface area contributed by atoms with E-state index in [1.165, 1.54) is 0 Å². The fourth-order valence-electron chi connectivity index (χ4n) is 2.14. The molecule has 3 N–H and O–H groups in total. The van der Waals surface area contributed by atoms with Gasteiger partial charge in [0.15, 0.2) is 0 Å². The Kier molecular flexibility index (Phi) is 6.47. The summed E-state index contributed by atoms with van der Waals surface area (Å²) in [4.78, 5) is 11.5. The van der Waals surface area contributed by atoms with Crippen LogP contribution in [0.4, 0.5) is 0 Å². The second kappa shape index (κ2) is 7.63. The number of nitrogens with two attached hydrogens (primary N) is 1. The molecular weight excluding hydrogens is 220 g/mol. The molecular formula is C12H24N2O3. The van der Waals surface area contributed by atoms with Crippen LogP contribution in [0.3, 0.4) is 0 Å². The first kappa shape index (κ1) is 14.4. The number of amides is 1. The number of ether oxygens (including phenoxy) is 2. The maximum Gasteiger partial charge on any atom is 0.246 e. The molecule has 1 rings (SSSR count). The number of carbonyl (C=O) groups excluding carboxylic acids is 1. The van der Waals surface area contributed by atoms with Crippen molar-refractivity contribution in [2.45, 2.75) is 37.7 Å². The SMILES string of the molecule is COCCCNC(=O)COC1(CN)CCCC1. The molecule has 0 aromatic rings. The zero-order chi connectivity index (χ0) is 12.6. The summed E-state index contributed by atoms with van der Waals surface area (Å²) in [6.45, 7) is 1.91. The van der Waals surface area contributed by atoms with E-state index in [2.05, 4.69) is 5.32 Å². The van der Waals surface area contributed by atoms with E-state index in [4.69, 9.17) is 15.2 Å². The van der Waals surface area contributed by atoms with Crippen molar-refractivity contribution < 1.29 is 14.3 Å². The van der Waals surface area contributed by atoms with Gasteiger partial charge >= 0.3 is 0 Å². The van der Waals surface area contributed by atoms with Crippen molar-refractivity contribution in [2.75, 3.05) is 33.4 Å². The Bertz CT molecular complexity index is 228. The predicted octanol–water partition coefficient (Wildman–Crippen LogP) is 0.427. The van der Waals surface area contributed by atoms with Crippen LogP contribution < -0.4 is 11.1 Å². The molecule has 0 saturated heterocycles. The summed E-state index contributed by atoms with van der Waals surface area (Å²) >= 11 is 0. The topological polar surface area (TPSA) is 73.6 Å². The molecule has 0 heterocycles. The van der Waals surface area contributed by atoms with E-state index in [0.29, 0.717) is 19.7 Å². The molecule has 1 amide bonds. The minimum Gasteiger partial charge on any atom is -0.385 e. The minimum absolute atomic E-state index is 0.0687. The zero-order valence-corrected chi connectivity index (χ0v) is 10.7. The van der Waals surface area contributed by atoms with Crippen LogP contribution in [0.5, 0.6) is 0 Å². The van der Waals surface area contributed by atoms with Gasteiger partial charge in [-0.1, -0.05) is 12.8 Å². The van der Waals surface area contributed by atoms with E-state index in [-0.39, 0.29) is 18.1 Å². The Hall–Kier alpha value is -0.650. The number of rotatable bonds is 8.